The van der Waals surface area contributed by atoms with Crippen molar-refractivity contribution in [3.63, 3.8) is 0 Å². The molecule has 1 aliphatic heterocycles. The number of hydrogen-bond acceptors (Lipinski definition) is 4. The lowest BCUT2D eigenvalue weighted by Crippen LogP contribution is -2.32. The summed E-state index contributed by atoms with van der Waals surface area (Å²) in [6, 6.07) is 33.2. The Morgan fingerprint density at radius 2 is 1.18 bits per heavy atom. The molecular weight excluding hydrogens is 494 g/mol. The molecule has 0 saturated carbocycles. The first-order chi connectivity index (χ1) is 19.4. The van der Waals surface area contributed by atoms with Crippen LogP contribution in [-0.4, -0.2) is 33.3 Å². The average molecular weight is 536 g/mol. The van der Waals surface area contributed by atoms with E-state index in [0.717, 1.165) is 47.5 Å². The Balaban J connectivity index is 1.53. The molecule has 0 amide bonds. The molecule has 0 bridgehead atoms. The van der Waals surface area contributed by atoms with Gasteiger partial charge in [0.1, 0.15) is 17.1 Å². The second kappa shape index (κ2) is 12.3. The Labute approximate surface area is 238 Å². The fourth-order valence-electron chi connectivity index (χ4n) is 6.19. The van der Waals surface area contributed by atoms with E-state index in [1.54, 1.807) is 12.1 Å². The normalized spacial score (nSPS) is 16.2. The van der Waals surface area contributed by atoms with E-state index in [2.05, 4.69) is 17.9 Å². The highest BCUT2D eigenvalue weighted by molar-refractivity contribution is 5.46. The second-order valence-electron chi connectivity index (χ2n) is 11.5. The zero-order chi connectivity index (χ0) is 28.0. The highest BCUT2D eigenvalue weighted by Gasteiger charge is 2.37. The molecule has 1 unspecified atom stereocenters. The summed E-state index contributed by atoms with van der Waals surface area (Å²) < 4.78 is 0. The number of phenols is 2. The summed E-state index contributed by atoms with van der Waals surface area (Å²) in [6.07, 6.45) is 6.07. The van der Waals surface area contributed by atoms with E-state index in [1.807, 2.05) is 84.9 Å². The van der Waals surface area contributed by atoms with E-state index in [1.165, 1.54) is 25.7 Å². The molecule has 4 aromatic rings. The highest BCUT2D eigenvalue weighted by Crippen LogP contribution is 2.43. The molecule has 0 aromatic heterocycles. The average Bonchev–Trinajstić information content (AvgIpc) is 3.27. The van der Waals surface area contributed by atoms with Crippen LogP contribution in [0.2, 0.25) is 0 Å². The Bertz CT molecular complexity index is 1320. The van der Waals surface area contributed by atoms with Gasteiger partial charge in [0.15, 0.2) is 0 Å². The van der Waals surface area contributed by atoms with Gasteiger partial charge in [-0.05, 0) is 85.3 Å². The Hall–Kier alpha value is -3.60. The van der Waals surface area contributed by atoms with Crippen LogP contribution < -0.4 is 0 Å². The Kier molecular flexibility index (Phi) is 8.58. The maximum Gasteiger partial charge on any atom is 0.120 e. The largest absolute Gasteiger partial charge is 0.508 e. The molecule has 5 rings (SSSR count). The smallest absolute Gasteiger partial charge is 0.120 e. The monoisotopic (exact) mass is 535 g/mol. The van der Waals surface area contributed by atoms with E-state index < -0.39 is 11.0 Å². The van der Waals surface area contributed by atoms with Crippen LogP contribution in [0.25, 0.3) is 0 Å². The molecule has 4 nitrogen and oxygen atoms in total. The van der Waals surface area contributed by atoms with Crippen molar-refractivity contribution in [2.45, 2.75) is 63.0 Å². The molecule has 4 heteroatoms. The maximum absolute atomic E-state index is 12.3. The van der Waals surface area contributed by atoms with Crippen LogP contribution in [0, 0.1) is 0 Å². The van der Waals surface area contributed by atoms with E-state index in [9.17, 15) is 15.3 Å². The van der Waals surface area contributed by atoms with Gasteiger partial charge >= 0.3 is 0 Å². The number of aliphatic hydroxyl groups is 1. The minimum atomic E-state index is -1.17. The number of phenolic OH excluding ortho intramolecular Hbond substituents is 2. The standard InChI is InChI=1S/C36H41NO3/c1-35(29-16-19-33(38)20-17-29,32-18-21-34(39)28(26-32)27-37-24-10-2-3-11-25-37)22-23-36(40,30-12-6-4-7-13-30)31-14-8-5-9-15-31/h4-9,12-21,26,38-40H,2-3,10-11,22-25,27H2,1H3. The van der Waals surface area contributed by atoms with Gasteiger partial charge in [-0.25, -0.2) is 0 Å². The fraction of sp³-hybridized carbons (Fsp3) is 0.333. The van der Waals surface area contributed by atoms with E-state index >= 15 is 0 Å². The first-order valence-electron chi connectivity index (χ1n) is 14.6. The zero-order valence-corrected chi connectivity index (χ0v) is 23.5. The van der Waals surface area contributed by atoms with Crippen LogP contribution in [-0.2, 0) is 17.6 Å². The predicted octanol–water partition coefficient (Wildman–Crippen LogP) is 7.50. The minimum Gasteiger partial charge on any atom is -0.508 e. The van der Waals surface area contributed by atoms with E-state index in [4.69, 9.17) is 0 Å². The van der Waals surface area contributed by atoms with Gasteiger partial charge in [0.2, 0.25) is 0 Å². The minimum absolute atomic E-state index is 0.226. The summed E-state index contributed by atoms with van der Waals surface area (Å²) in [4.78, 5) is 2.45. The molecule has 1 fully saturated rings. The second-order valence-corrected chi connectivity index (χ2v) is 11.5. The summed E-state index contributed by atoms with van der Waals surface area (Å²) in [7, 11) is 0. The molecule has 0 spiro atoms. The van der Waals surface area contributed by atoms with Crippen molar-refractivity contribution in [3.05, 3.63) is 131 Å². The highest BCUT2D eigenvalue weighted by atomic mass is 16.3. The van der Waals surface area contributed by atoms with Crippen molar-refractivity contribution in [2.24, 2.45) is 0 Å². The zero-order valence-electron chi connectivity index (χ0n) is 23.5. The first kappa shape index (κ1) is 27.9. The van der Waals surface area contributed by atoms with Crippen molar-refractivity contribution in [1.82, 2.24) is 4.90 Å². The van der Waals surface area contributed by atoms with Gasteiger partial charge in [-0.2, -0.15) is 0 Å². The fourth-order valence-corrected chi connectivity index (χ4v) is 6.19. The molecule has 208 valence electrons. The Morgan fingerprint density at radius 3 is 1.75 bits per heavy atom. The molecule has 1 heterocycles. The SMILES string of the molecule is CC(CCC(O)(c1ccccc1)c1ccccc1)(c1ccc(O)cc1)c1ccc(O)c(CN2CCCCCC2)c1. The molecule has 40 heavy (non-hydrogen) atoms. The van der Waals surface area contributed by atoms with Crippen LogP contribution in [0.1, 0.15) is 73.3 Å². The van der Waals surface area contributed by atoms with Crippen molar-refractivity contribution >= 4 is 0 Å². The molecule has 3 N–H and O–H groups in total. The van der Waals surface area contributed by atoms with Crippen LogP contribution in [0.4, 0.5) is 0 Å². The van der Waals surface area contributed by atoms with Crippen LogP contribution in [0.5, 0.6) is 11.5 Å². The lowest BCUT2D eigenvalue weighted by atomic mass is 9.69. The van der Waals surface area contributed by atoms with Gasteiger partial charge in [0.25, 0.3) is 0 Å². The summed E-state index contributed by atoms with van der Waals surface area (Å²) in [6.45, 7) is 5.04. The third-order valence-electron chi connectivity index (χ3n) is 8.80. The summed E-state index contributed by atoms with van der Waals surface area (Å²) >= 11 is 0. The first-order valence-corrected chi connectivity index (χ1v) is 14.6. The summed E-state index contributed by atoms with van der Waals surface area (Å²) in [5.74, 6) is 0.551. The molecule has 0 radical (unpaired) electrons. The third kappa shape index (κ3) is 6.09. The van der Waals surface area contributed by atoms with Crippen molar-refractivity contribution < 1.29 is 15.3 Å². The quantitative estimate of drug-likeness (QED) is 0.208. The van der Waals surface area contributed by atoms with E-state index in [0.29, 0.717) is 18.6 Å². The number of nitrogens with zero attached hydrogens (tertiary/aromatic N) is 1. The van der Waals surface area contributed by atoms with E-state index in [-0.39, 0.29) is 5.75 Å². The van der Waals surface area contributed by atoms with Crippen LogP contribution >= 0.6 is 0 Å². The van der Waals surface area contributed by atoms with Gasteiger partial charge in [0, 0.05) is 17.5 Å². The third-order valence-corrected chi connectivity index (χ3v) is 8.80. The number of hydrogen-bond donors (Lipinski definition) is 3. The van der Waals surface area contributed by atoms with Gasteiger partial charge in [0.05, 0.1) is 0 Å². The molecule has 1 atom stereocenters. The summed E-state index contributed by atoms with van der Waals surface area (Å²) in [5.41, 5.74) is 3.15. The molecule has 1 aliphatic rings. The Morgan fingerprint density at radius 1 is 0.625 bits per heavy atom. The molecular formula is C36H41NO3. The number of likely N-dealkylation sites (tertiary alicyclic amines) is 1. The lowest BCUT2D eigenvalue weighted by molar-refractivity contribution is 0.0635. The number of aromatic hydroxyl groups is 2. The van der Waals surface area contributed by atoms with Crippen molar-refractivity contribution in [1.29, 1.82) is 0 Å². The maximum atomic E-state index is 12.3. The lowest BCUT2D eigenvalue weighted by Gasteiger charge is -2.37. The topological polar surface area (TPSA) is 63.9 Å². The van der Waals surface area contributed by atoms with Gasteiger partial charge in [-0.15, -0.1) is 0 Å². The molecule has 0 aliphatic carbocycles. The molecule has 4 aromatic carbocycles. The molecule has 1 saturated heterocycles. The number of benzene rings is 4. The number of rotatable bonds is 9. The van der Waals surface area contributed by atoms with Crippen LogP contribution in [0.15, 0.2) is 103 Å². The predicted molar refractivity (Wildman–Crippen MR) is 162 cm³/mol. The van der Waals surface area contributed by atoms with Crippen LogP contribution in [0.3, 0.4) is 0 Å². The van der Waals surface area contributed by atoms with Gasteiger partial charge in [-0.1, -0.05) is 98.6 Å². The van der Waals surface area contributed by atoms with Gasteiger partial charge in [-0.3, -0.25) is 4.90 Å². The van der Waals surface area contributed by atoms with Gasteiger partial charge < -0.3 is 15.3 Å². The van der Waals surface area contributed by atoms with Crippen molar-refractivity contribution in [2.75, 3.05) is 13.1 Å². The van der Waals surface area contributed by atoms with Crippen molar-refractivity contribution in [3.8, 4) is 11.5 Å². The summed E-state index contributed by atoms with van der Waals surface area (Å²) in [5, 5.41) is 33.2.